The molecule has 1 rings (SSSR count). The molecule has 0 amide bonds. The molecule has 0 aliphatic rings. The Morgan fingerprint density at radius 2 is 1.81 bits per heavy atom. The molecule has 0 aliphatic carbocycles. The van der Waals surface area contributed by atoms with Gasteiger partial charge in [-0.3, -0.25) is 0 Å². The summed E-state index contributed by atoms with van der Waals surface area (Å²) in [7, 11) is 0. The van der Waals surface area contributed by atoms with Crippen LogP contribution in [0, 0.1) is 0 Å². The lowest BCUT2D eigenvalue weighted by Crippen LogP contribution is -1.91. The molecule has 1 unspecified atom stereocenters. The Bertz CT molecular complexity index is 311. The average Bonchev–Trinajstić information content (AvgIpc) is 2.30. The van der Waals surface area contributed by atoms with E-state index in [0.717, 1.165) is 18.6 Å². The van der Waals surface area contributed by atoms with E-state index < -0.39 is 0 Å². The highest BCUT2D eigenvalue weighted by Gasteiger charge is 2.03. The largest absolute Gasteiger partial charge is 0.126 e. The van der Waals surface area contributed by atoms with Crippen molar-refractivity contribution >= 4 is 11.8 Å². The highest BCUT2D eigenvalue weighted by molar-refractivity contribution is 7.99. The van der Waals surface area contributed by atoms with E-state index in [-0.39, 0.29) is 0 Å². The van der Waals surface area contributed by atoms with Crippen molar-refractivity contribution in [3.63, 3.8) is 0 Å². The zero-order chi connectivity index (χ0) is 11.8. The molecule has 0 nitrogen and oxygen atoms in total. The quantitative estimate of drug-likeness (QED) is 0.478. The van der Waals surface area contributed by atoms with Gasteiger partial charge in [-0.2, -0.15) is 0 Å². The number of hydrogen-bond acceptors (Lipinski definition) is 1. The van der Waals surface area contributed by atoms with Gasteiger partial charge in [0.25, 0.3) is 0 Å². The van der Waals surface area contributed by atoms with Gasteiger partial charge in [-0.1, -0.05) is 45.1 Å². The zero-order valence-corrected chi connectivity index (χ0v) is 11.4. The van der Waals surface area contributed by atoms with Crippen LogP contribution in [-0.4, -0.2) is 5.75 Å². The standard InChI is InChI=1S/C15H22S/c1-4-6-7-8-13(3)14-9-11-15(12-10-14)16-5-2/h6-7,9-13H,4-5,8H2,1-3H3/b7-6-. The number of rotatable bonds is 6. The summed E-state index contributed by atoms with van der Waals surface area (Å²) in [5, 5.41) is 0. The van der Waals surface area contributed by atoms with E-state index in [2.05, 4.69) is 57.2 Å². The summed E-state index contributed by atoms with van der Waals surface area (Å²) in [6.07, 6.45) is 6.82. The van der Waals surface area contributed by atoms with E-state index in [4.69, 9.17) is 0 Å². The number of hydrogen-bond donors (Lipinski definition) is 0. The highest BCUT2D eigenvalue weighted by Crippen LogP contribution is 2.23. The van der Waals surface area contributed by atoms with Crippen LogP contribution in [0.15, 0.2) is 41.3 Å². The second-order valence-corrected chi connectivity index (χ2v) is 5.36. The normalized spacial score (nSPS) is 13.2. The van der Waals surface area contributed by atoms with Gasteiger partial charge in [0.1, 0.15) is 0 Å². The molecular formula is C15H22S. The van der Waals surface area contributed by atoms with Crippen molar-refractivity contribution in [3.8, 4) is 0 Å². The second kappa shape index (κ2) is 7.56. The molecule has 1 aromatic carbocycles. The van der Waals surface area contributed by atoms with Crippen LogP contribution in [0.2, 0.25) is 0 Å². The van der Waals surface area contributed by atoms with Crippen molar-refractivity contribution in [2.45, 2.75) is 44.4 Å². The van der Waals surface area contributed by atoms with Gasteiger partial charge in [0.2, 0.25) is 0 Å². The summed E-state index contributed by atoms with van der Waals surface area (Å²) in [6, 6.07) is 9.01. The van der Waals surface area contributed by atoms with Gasteiger partial charge in [0.15, 0.2) is 0 Å². The predicted octanol–water partition coefficient (Wildman–Crippen LogP) is 5.26. The molecule has 0 fully saturated rings. The number of benzene rings is 1. The van der Waals surface area contributed by atoms with Crippen LogP contribution in [-0.2, 0) is 0 Å². The first-order valence-corrected chi connectivity index (χ1v) is 7.14. The van der Waals surface area contributed by atoms with Gasteiger partial charge in [-0.05, 0) is 42.2 Å². The Balaban J connectivity index is 2.55. The summed E-state index contributed by atoms with van der Waals surface area (Å²) in [5.41, 5.74) is 1.45. The maximum Gasteiger partial charge on any atom is 0.00720 e. The Morgan fingerprint density at radius 3 is 2.38 bits per heavy atom. The fourth-order valence-corrected chi connectivity index (χ4v) is 2.32. The summed E-state index contributed by atoms with van der Waals surface area (Å²) in [6.45, 7) is 6.66. The smallest absolute Gasteiger partial charge is 0.00720 e. The molecule has 0 bridgehead atoms. The van der Waals surface area contributed by atoms with Crippen molar-refractivity contribution in [1.29, 1.82) is 0 Å². The Labute approximate surface area is 104 Å². The van der Waals surface area contributed by atoms with Crippen LogP contribution in [0.25, 0.3) is 0 Å². The third kappa shape index (κ3) is 4.44. The van der Waals surface area contributed by atoms with Gasteiger partial charge >= 0.3 is 0 Å². The fourth-order valence-electron chi connectivity index (χ4n) is 1.66. The van der Waals surface area contributed by atoms with Crippen LogP contribution in [0.3, 0.4) is 0 Å². The topological polar surface area (TPSA) is 0 Å². The molecule has 0 saturated carbocycles. The number of allylic oxidation sites excluding steroid dienone is 2. The maximum absolute atomic E-state index is 2.29. The van der Waals surface area contributed by atoms with Gasteiger partial charge < -0.3 is 0 Å². The molecule has 88 valence electrons. The van der Waals surface area contributed by atoms with E-state index >= 15 is 0 Å². The third-order valence-electron chi connectivity index (χ3n) is 2.65. The third-order valence-corrected chi connectivity index (χ3v) is 3.55. The van der Waals surface area contributed by atoms with E-state index in [1.807, 2.05) is 11.8 Å². The first-order chi connectivity index (χ1) is 7.77. The van der Waals surface area contributed by atoms with E-state index in [9.17, 15) is 0 Å². The molecule has 0 heterocycles. The predicted molar refractivity (Wildman–Crippen MR) is 75.3 cm³/mol. The molecule has 1 atom stereocenters. The molecule has 0 radical (unpaired) electrons. The molecule has 1 heteroatoms. The Morgan fingerprint density at radius 1 is 1.12 bits per heavy atom. The minimum Gasteiger partial charge on any atom is -0.126 e. The van der Waals surface area contributed by atoms with Crippen molar-refractivity contribution in [2.75, 3.05) is 5.75 Å². The summed E-state index contributed by atoms with van der Waals surface area (Å²) < 4.78 is 0. The molecule has 0 aromatic heterocycles. The molecule has 1 aromatic rings. The van der Waals surface area contributed by atoms with Crippen LogP contribution in [0.5, 0.6) is 0 Å². The van der Waals surface area contributed by atoms with Gasteiger partial charge in [-0.25, -0.2) is 0 Å². The molecular weight excluding hydrogens is 212 g/mol. The average molecular weight is 234 g/mol. The monoisotopic (exact) mass is 234 g/mol. The minimum atomic E-state index is 0.628. The lowest BCUT2D eigenvalue weighted by atomic mass is 9.98. The Hall–Kier alpha value is -0.690. The SMILES string of the molecule is CC/C=C\CC(C)c1ccc(SCC)cc1. The van der Waals surface area contributed by atoms with Crippen LogP contribution in [0.4, 0.5) is 0 Å². The second-order valence-electron chi connectivity index (χ2n) is 4.02. The molecule has 0 spiro atoms. The van der Waals surface area contributed by atoms with Crippen molar-refractivity contribution in [3.05, 3.63) is 42.0 Å². The molecule has 0 saturated heterocycles. The summed E-state index contributed by atoms with van der Waals surface area (Å²) in [4.78, 5) is 1.38. The van der Waals surface area contributed by atoms with Gasteiger partial charge in [0.05, 0.1) is 0 Å². The maximum atomic E-state index is 2.29. The van der Waals surface area contributed by atoms with Crippen molar-refractivity contribution in [2.24, 2.45) is 0 Å². The van der Waals surface area contributed by atoms with Crippen LogP contribution < -0.4 is 0 Å². The lowest BCUT2D eigenvalue weighted by molar-refractivity contribution is 0.777. The first kappa shape index (κ1) is 13.4. The Kier molecular flexibility index (Phi) is 6.32. The summed E-state index contributed by atoms with van der Waals surface area (Å²) in [5.74, 6) is 1.78. The van der Waals surface area contributed by atoms with Crippen LogP contribution in [0.1, 0.15) is 45.1 Å². The van der Waals surface area contributed by atoms with Crippen molar-refractivity contribution < 1.29 is 0 Å². The molecule has 0 N–H and O–H groups in total. The van der Waals surface area contributed by atoms with E-state index in [1.165, 1.54) is 10.5 Å². The first-order valence-electron chi connectivity index (χ1n) is 6.15. The molecule has 0 aliphatic heterocycles. The van der Waals surface area contributed by atoms with E-state index in [0.29, 0.717) is 5.92 Å². The fraction of sp³-hybridized carbons (Fsp3) is 0.467. The zero-order valence-electron chi connectivity index (χ0n) is 10.6. The highest BCUT2D eigenvalue weighted by atomic mass is 32.2. The minimum absolute atomic E-state index is 0.628. The van der Waals surface area contributed by atoms with Gasteiger partial charge in [-0.15, -0.1) is 11.8 Å². The molecule has 16 heavy (non-hydrogen) atoms. The van der Waals surface area contributed by atoms with Crippen LogP contribution >= 0.6 is 11.8 Å². The van der Waals surface area contributed by atoms with E-state index in [1.54, 1.807) is 0 Å². The lowest BCUT2D eigenvalue weighted by Gasteiger charge is -2.09. The van der Waals surface area contributed by atoms with Crippen molar-refractivity contribution in [1.82, 2.24) is 0 Å². The van der Waals surface area contributed by atoms with Gasteiger partial charge in [0, 0.05) is 4.90 Å². The number of thioether (sulfide) groups is 1. The summed E-state index contributed by atoms with van der Waals surface area (Å²) >= 11 is 1.90.